The Morgan fingerprint density at radius 3 is 2.38 bits per heavy atom. The van der Waals surface area contributed by atoms with Gasteiger partial charge in [0.05, 0.1) is 16.7 Å². The van der Waals surface area contributed by atoms with Gasteiger partial charge in [-0.1, -0.05) is 12.1 Å². The average Bonchev–Trinajstić information content (AvgIpc) is 3.88. The molecule has 16 nitrogen and oxygen atoms in total. The van der Waals surface area contributed by atoms with Crippen molar-refractivity contribution in [2.45, 2.75) is 89.9 Å². The van der Waals surface area contributed by atoms with Gasteiger partial charge in [-0.15, -0.1) is 0 Å². The number of likely N-dealkylation sites (tertiary alicyclic amines) is 1. The number of amides is 3. The number of hydrogen-bond donors (Lipinski definition) is 2. The van der Waals surface area contributed by atoms with Gasteiger partial charge in [-0.25, -0.2) is 14.2 Å². The van der Waals surface area contributed by atoms with Crippen LogP contribution in [0, 0.1) is 18.7 Å². The van der Waals surface area contributed by atoms with E-state index in [1.165, 1.54) is 6.07 Å². The Morgan fingerprint density at radius 1 is 0.849 bits per heavy atom. The molecule has 12 rings (SSSR count). The van der Waals surface area contributed by atoms with E-state index in [1.807, 2.05) is 53.9 Å². The minimum absolute atomic E-state index is 0.00174. The van der Waals surface area contributed by atoms with Crippen molar-refractivity contribution in [1.29, 1.82) is 0 Å². The van der Waals surface area contributed by atoms with Crippen molar-refractivity contribution in [2.75, 3.05) is 70.8 Å². The molecule has 0 unspecified atom stereocenters. The summed E-state index contributed by atoms with van der Waals surface area (Å²) < 4.78 is 23.5. The highest BCUT2D eigenvalue weighted by atomic mass is 19.1. The number of aromatic nitrogens is 5. The first-order chi connectivity index (χ1) is 35.4. The smallest absolute Gasteiger partial charge is 0.330 e. The minimum atomic E-state index is -0.685. The number of aryl methyl sites for hydroxylation is 2. The summed E-state index contributed by atoms with van der Waals surface area (Å²) in [6.45, 7) is 13.1. The summed E-state index contributed by atoms with van der Waals surface area (Å²) in [5.41, 5.74) is 9.76. The zero-order valence-electron chi connectivity index (χ0n) is 42.0. The summed E-state index contributed by atoms with van der Waals surface area (Å²) in [7, 11) is 2.02. The molecular weight excluding hydrogens is 926 g/mol. The predicted molar refractivity (Wildman–Crippen MR) is 278 cm³/mol. The Hall–Kier alpha value is -6.69. The maximum absolute atomic E-state index is 16.2. The number of fused-ring (bicyclic) bond motifs is 3. The van der Waals surface area contributed by atoms with Crippen LogP contribution >= 0.6 is 0 Å². The maximum atomic E-state index is 16.2. The highest BCUT2D eigenvalue weighted by Gasteiger charge is 2.36. The molecule has 2 aromatic carbocycles. The molecule has 3 saturated heterocycles. The van der Waals surface area contributed by atoms with Gasteiger partial charge in [-0.2, -0.15) is 0 Å². The quantitative estimate of drug-likeness (QED) is 0.146. The molecule has 17 heteroatoms. The van der Waals surface area contributed by atoms with Gasteiger partial charge < -0.3 is 19.7 Å². The maximum Gasteiger partial charge on any atom is 0.330 e. The van der Waals surface area contributed by atoms with E-state index in [1.54, 1.807) is 15.3 Å². The third-order valence-corrected chi connectivity index (χ3v) is 16.9. The van der Waals surface area contributed by atoms with Gasteiger partial charge in [-0.3, -0.25) is 48.0 Å². The minimum Gasteiger partial charge on any atom is -0.384 e. The monoisotopic (exact) mass is 990 g/mol. The summed E-state index contributed by atoms with van der Waals surface area (Å²) in [6, 6.07) is 15.0. The van der Waals surface area contributed by atoms with Crippen LogP contribution in [0.25, 0.3) is 33.3 Å². The lowest BCUT2D eigenvalue weighted by molar-refractivity contribution is -0.135. The molecule has 5 aliphatic heterocycles. The van der Waals surface area contributed by atoms with E-state index in [-0.39, 0.29) is 47.4 Å². The zero-order chi connectivity index (χ0) is 50.2. The fourth-order valence-electron chi connectivity index (χ4n) is 12.6. The Balaban J connectivity index is 0.634. The molecule has 0 bridgehead atoms. The number of halogens is 1. The number of imide groups is 1. The van der Waals surface area contributed by atoms with Gasteiger partial charge in [0.15, 0.2) is 0 Å². The summed E-state index contributed by atoms with van der Waals surface area (Å²) in [5.74, 6) is -0.671. The molecule has 0 radical (unpaired) electrons. The summed E-state index contributed by atoms with van der Waals surface area (Å²) >= 11 is 0. The third-order valence-electron chi connectivity index (χ3n) is 16.9. The summed E-state index contributed by atoms with van der Waals surface area (Å²) in [4.78, 5) is 79.8. The van der Waals surface area contributed by atoms with Crippen molar-refractivity contribution in [3.05, 3.63) is 127 Å². The number of piperazine rings is 1. The van der Waals surface area contributed by atoms with Crippen LogP contribution in [0.5, 0.6) is 0 Å². The van der Waals surface area contributed by atoms with E-state index in [0.717, 1.165) is 139 Å². The molecule has 3 amide bonds. The van der Waals surface area contributed by atoms with Gasteiger partial charge >= 0.3 is 5.69 Å². The fraction of sp³-hybridized carbons (Fsp3) is 0.464. The topological polar surface area (TPSA) is 155 Å². The Bertz CT molecular complexity index is 3340. The summed E-state index contributed by atoms with van der Waals surface area (Å²) in [6.07, 6.45) is 11.4. The Labute approximate surface area is 423 Å². The van der Waals surface area contributed by atoms with Gasteiger partial charge in [0.25, 0.3) is 11.5 Å². The van der Waals surface area contributed by atoms with Crippen LogP contribution in [0.3, 0.4) is 0 Å². The van der Waals surface area contributed by atoms with E-state index < -0.39 is 11.9 Å². The van der Waals surface area contributed by atoms with Crippen LogP contribution in [-0.4, -0.2) is 126 Å². The van der Waals surface area contributed by atoms with Crippen molar-refractivity contribution >= 4 is 51.0 Å². The number of carbonyl (C=O) groups is 3. The van der Waals surface area contributed by atoms with Crippen LogP contribution in [0.4, 0.5) is 10.1 Å². The SMILES string of the molecule is Cc1cc(C(=O)N2CCC(CN3CCN(Cc4ccc5c(c4)n(C4CC4)c(=O)n5[C@@H]4CCC(=O)NC4=O)CC3)CC2)cc(F)c1C1=CCN([C@@H](C)c2cc3c(-n4ccc5c(c4=O)CCN5)ccnc3n2C)CC1. The molecule has 73 heavy (non-hydrogen) atoms. The molecule has 0 spiro atoms. The second-order valence-electron chi connectivity index (χ2n) is 21.4. The van der Waals surface area contributed by atoms with Crippen molar-refractivity contribution in [3.63, 3.8) is 0 Å². The highest BCUT2D eigenvalue weighted by Crippen LogP contribution is 2.38. The number of imidazole rings is 1. The number of nitrogens with one attached hydrogen (secondary N) is 2. The number of nitrogens with zero attached hydrogens (tertiary/aromatic N) is 9. The lowest BCUT2D eigenvalue weighted by Crippen LogP contribution is -2.48. The molecule has 6 aromatic rings. The Morgan fingerprint density at radius 2 is 1.64 bits per heavy atom. The van der Waals surface area contributed by atoms with Crippen LogP contribution in [0.2, 0.25) is 0 Å². The molecule has 9 heterocycles. The van der Waals surface area contributed by atoms with E-state index in [9.17, 15) is 24.0 Å². The summed E-state index contributed by atoms with van der Waals surface area (Å²) in [5, 5.41) is 6.64. The van der Waals surface area contributed by atoms with E-state index in [2.05, 4.69) is 61.1 Å². The number of anilines is 1. The number of benzene rings is 2. The molecular formula is C56H64FN11O5. The second kappa shape index (κ2) is 19.0. The van der Waals surface area contributed by atoms with Crippen molar-refractivity contribution in [1.82, 2.24) is 48.2 Å². The van der Waals surface area contributed by atoms with Gasteiger partial charge in [0.1, 0.15) is 17.5 Å². The first-order valence-electron chi connectivity index (χ1n) is 26.4. The van der Waals surface area contributed by atoms with Gasteiger partial charge in [-0.05, 0) is 124 Å². The van der Waals surface area contributed by atoms with Crippen molar-refractivity contribution in [3.8, 4) is 5.69 Å². The van der Waals surface area contributed by atoms with E-state index in [4.69, 9.17) is 4.98 Å². The molecule has 4 fully saturated rings. The fourth-order valence-corrected chi connectivity index (χ4v) is 12.6. The molecule has 2 atom stereocenters. The first-order valence-corrected chi connectivity index (χ1v) is 26.4. The molecule has 1 saturated carbocycles. The molecule has 380 valence electrons. The largest absolute Gasteiger partial charge is 0.384 e. The lowest BCUT2D eigenvalue weighted by Gasteiger charge is -2.39. The zero-order valence-corrected chi connectivity index (χ0v) is 42.0. The predicted octanol–water partition coefficient (Wildman–Crippen LogP) is 6.09. The van der Waals surface area contributed by atoms with E-state index in [0.29, 0.717) is 55.9 Å². The number of pyridine rings is 2. The first kappa shape index (κ1) is 47.3. The third kappa shape index (κ3) is 8.72. The van der Waals surface area contributed by atoms with Crippen LogP contribution < -0.4 is 21.9 Å². The molecule has 6 aliphatic rings. The standard InChI is InChI=1S/C56H64FN11O5/c1-34-28-39(30-43(57)51(34)38-14-21-64(22-15-38)35(2)48-31-42-45(11-18-59-52(42)61(48)3)66-23-16-44-41(55(66)72)10-17-58-44)54(71)65-19-12-36(13-20-65)32-62-24-26-63(27-25-62)33-37-4-7-46-49(29-37)67(40-5-6-40)56(73)68(46)47-8-9-50(69)60-53(47)70/h4,7,11,14,16,18,23,28-31,35-36,40,47,58H,5-6,8-10,12-13,15,17,19-22,24-27,32-33H2,1-3H3,(H,60,69,70)/t35-,47+/m0/s1. The van der Waals surface area contributed by atoms with Crippen molar-refractivity contribution < 1.29 is 18.8 Å². The van der Waals surface area contributed by atoms with Crippen LogP contribution in [0.1, 0.15) is 108 Å². The molecule has 2 N–H and O–H groups in total. The van der Waals surface area contributed by atoms with Crippen LogP contribution in [0.15, 0.2) is 76.6 Å². The number of rotatable bonds is 11. The number of carbonyl (C=O) groups excluding carboxylic acids is 3. The highest BCUT2D eigenvalue weighted by molar-refractivity contribution is 6.00. The van der Waals surface area contributed by atoms with Gasteiger partial charge in [0, 0.05) is 143 Å². The molecule has 1 aliphatic carbocycles. The second-order valence-corrected chi connectivity index (χ2v) is 21.4. The molecule has 4 aromatic heterocycles. The van der Waals surface area contributed by atoms with Crippen molar-refractivity contribution in [2.24, 2.45) is 13.0 Å². The normalized spacial score (nSPS) is 20.9. The number of piperidine rings is 2. The lowest BCUT2D eigenvalue weighted by atomic mass is 9.92. The number of hydrogen-bond acceptors (Lipinski definition) is 10. The average molecular weight is 990 g/mol. The Kier molecular flexibility index (Phi) is 12.3. The van der Waals surface area contributed by atoms with E-state index >= 15 is 4.39 Å². The van der Waals surface area contributed by atoms with Gasteiger partial charge in [0.2, 0.25) is 11.8 Å². The van der Waals surface area contributed by atoms with Crippen LogP contribution in [-0.2, 0) is 29.6 Å².